The van der Waals surface area contributed by atoms with Crippen molar-refractivity contribution in [3.8, 4) is 11.5 Å². The number of amides is 1. The summed E-state index contributed by atoms with van der Waals surface area (Å²) in [5, 5.41) is 3.89. The normalized spacial score (nSPS) is 24.0. The van der Waals surface area contributed by atoms with Gasteiger partial charge in [-0.15, -0.1) is 0 Å². The van der Waals surface area contributed by atoms with E-state index < -0.39 is 0 Å². The average molecular weight is 370 g/mol. The highest BCUT2D eigenvalue weighted by Gasteiger charge is 2.35. The maximum atomic E-state index is 13.3. The fourth-order valence-corrected chi connectivity index (χ4v) is 4.18. The highest BCUT2D eigenvalue weighted by molar-refractivity contribution is 5.91. The number of nitrogens with zero attached hydrogens (tertiary/aromatic N) is 2. The molecule has 0 bridgehead atoms. The lowest BCUT2D eigenvalue weighted by Crippen LogP contribution is -2.46. The van der Waals surface area contributed by atoms with E-state index in [9.17, 15) is 4.79 Å². The van der Waals surface area contributed by atoms with Crippen LogP contribution in [0.1, 0.15) is 54.9 Å². The van der Waals surface area contributed by atoms with Gasteiger partial charge in [0.05, 0.1) is 5.69 Å². The number of carbonyl (C=O) groups excluding carboxylic acids is 1. The van der Waals surface area contributed by atoms with Crippen molar-refractivity contribution >= 4 is 5.91 Å². The highest BCUT2D eigenvalue weighted by Crippen LogP contribution is 2.36. The van der Waals surface area contributed by atoms with Crippen molar-refractivity contribution in [2.75, 3.05) is 6.79 Å². The van der Waals surface area contributed by atoms with Gasteiger partial charge in [0.1, 0.15) is 0 Å². The molecule has 6 nitrogen and oxygen atoms in total. The van der Waals surface area contributed by atoms with Crippen LogP contribution in [0.5, 0.6) is 11.5 Å². The van der Waals surface area contributed by atoms with Crippen LogP contribution in [0.4, 0.5) is 0 Å². The minimum Gasteiger partial charge on any atom is -0.454 e. The van der Waals surface area contributed by atoms with E-state index in [0.29, 0.717) is 29.8 Å². The number of rotatable bonds is 4. The lowest BCUT2D eigenvalue weighted by atomic mass is 9.77. The number of hydrogen-bond donors (Lipinski definition) is 0. The van der Waals surface area contributed by atoms with Gasteiger partial charge in [-0.3, -0.25) is 4.79 Å². The standard InChI is InChI=1S/C21H26N2O4/c1-13-5-4-6-17(15(13)3)23(21(24)20-9-14(2)22-27-20)11-16-7-8-18-19(10-16)26-12-25-18/h7-10,13,15,17H,4-6,11-12H2,1-3H3. The summed E-state index contributed by atoms with van der Waals surface area (Å²) in [5.41, 5.74) is 1.74. The quantitative estimate of drug-likeness (QED) is 0.808. The third-order valence-electron chi connectivity index (χ3n) is 5.95. The summed E-state index contributed by atoms with van der Waals surface area (Å²) in [6.07, 6.45) is 3.36. The van der Waals surface area contributed by atoms with Crippen molar-refractivity contribution in [2.24, 2.45) is 11.8 Å². The molecule has 0 N–H and O–H groups in total. The van der Waals surface area contributed by atoms with Crippen molar-refractivity contribution in [2.45, 2.75) is 52.6 Å². The van der Waals surface area contributed by atoms with Crippen molar-refractivity contribution in [1.82, 2.24) is 10.1 Å². The van der Waals surface area contributed by atoms with Crippen LogP contribution < -0.4 is 9.47 Å². The zero-order valence-corrected chi connectivity index (χ0v) is 16.1. The fraction of sp³-hybridized carbons (Fsp3) is 0.524. The second kappa shape index (κ2) is 7.25. The van der Waals surface area contributed by atoms with Gasteiger partial charge < -0.3 is 18.9 Å². The van der Waals surface area contributed by atoms with Crippen LogP contribution in [0.2, 0.25) is 0 Å². The summed E-state index contributed by atoms with van der Waals surface area (Å²) in [5.74, 6) is 2.72. The predicted molar refractivity (Wildman–Crippen MR) is 99.6 cm³/mol. The summed E-state index contributed by atoms with van der Waals surface area (Å²) >= 11 is 0. The Kier molecular flexibility index (Phi) is 4.81. The molecule has 27 heavy (non-hydrogen) atoms. The molecule has 3 atom stereocenters. The van der Waals surface area contributed by atoms with Crippen LogP contribution in [0, 0.1) is 18.8 Å². The Balaban J connectivity index is 1.64. The monoisotopic (exact) mass is 370 g/mol. The first-order valence-corrected chi connectivity index (χ1v) is 9.65. The minimum atomic E-state index is -0.0979. The first-order valence-electron chi connectivity index (χ1n) is 9.65. The number of aromatic nitrogens is 1. The summed E-state index contributed by atoms with van der Waals surface area (Å²) in [6, 6.07) is 7.76. The van der Waals surface area contributed by atoms with E-state index in [-0.39, 0.29) is 18.7 Å². The zero-order chi connectivity index (χ0) is 19.0. The SMILES string of the molecule is Cc1cc(C(=O)N(Cc2ccc3c(c2)OCO3)C2CCCC(C)C2C)on1. The van der Waals surface area contributed by atoms with Crippen LogP contribution >= 0.6 is 0 Å². The van der Waals surface area contributed by atoms with Crippen LogP contribution in [-0.4, -0.2) is 28.8 Å². The first kappa shape index (κ1) is 17.9. The first-order chi connectivity index (χ1) is 13.0. The second-order valence-corrected chi connectivity index (χ2v) is 7.79. The smallest absolute Gasteiger partial charge is 0.293 e. The molecule has 0 saturated heterocycles. The molecule has 1 aliphatic carbocycles. The Morgan fingerprint density at radius 3 is 2.78 bits per heavy atom. The number of fused-ring (bicyclic) bond motifs is 1. The van der Waals surface area contributed by atoms with E-state index in [1.165, 1.54) is 6.42 Å². The molecule has 4 rings (SSSR count). The minimum absolute atomic E-state index is 0.0979. The Morgan fingerprint density at radius 1 is 1.19 bits per heavy atom. The molecule has 1 aliphatic heterocycles. The molecule has 2 heterocycles. The van der Waals surface area contributed by atoms with E-state index in [4.69, 9.17) is 14.0 Å². The molecule has 6 heteroatoms. The number of benzene rings is 1. The molecule has 1 amide bonds. The van der Waals surface area contributed by atoms with E-state index in [1.807, 2.05) is 30.0 Å². The highest BCUT2D eigenvalue weighted by atomic mass is 16.7. The van der Waals surface area contributed by atoms with Gasteiger partial charge in [-0.1, -0.05) is 37.9 Å². The second-order valence-electron chi connectivity index (χ2n) is 7.79. The van der Waals surface area contributed by atoms with Gasteiger partial charge in [0.2, 0.25) is 12.6 Å². The maximum absolute atomic E-state index is 13.3. The lowest BCUT2D eigenvalue weighted by Gasteiger charge is -2.41. The molecule has 144 valence electrons. The Morgan fingerprint density at radius 2 is 2.00 bits per heavy atom. The van der Waals surface area contributed by atoms with E-state index in [0.717, 1.165) is 29.9 Å². The van der Waals surface area contributed by atoms with Crippen molar-refractivity contribution in [3.63, 3.8) is 0 Å². The van der Waals surface area contributed by atoms with Gasteiger partial charge in [-0.2, -0.15) is 0 Å². The van der Waals surface area contributed by atoms with Gasteiger partial charge in [0.25, 0.3) is 5.91 Å². The molecule has 1 aromatic carbocycles. The third-order valence-corrected chi connectivity index (χ3v) is 5.95. The average Bonchev–Trinajstić information content (AvgIpc) is 3.30. The van der Waals surface area contributed by atoms with Crippen molar-refractivity contribution in [1.29, 1.82) is 0 Å². The Bertz CT molecular complexity index is 831. The Labute approximate surface area is 159 Å². The number of carbonyl (C=O) groups is 1. The molecule has 1 fully saturated rings. The summed E-state index contributed by atoms with van der Waals surface area (Å²) in [6.45, 7) is 7.11. The van der Waals surface area contributed by atoms with Crippen LogP contribution in [0.25, 0.3) is 0 Å². The summed E-state index contributed by atoms with van der Waals surface area (Å²) < 4.78 is 16.2. The van der Waals surface area contributed by atoms with Crippen LogP contribution in [0.3, 0.4) is 0 Å². The zero-order valence-electron chi connectivity index (χ0n) is 16.1. The number of hydrogen-bond acceptors (Lipinski definition) is 5. The molecular weight excluding hydrogens is 344 g/mol. The molecule has 0 radical (unpaired) electrons. The number of aryl methyl sites for hydroxylation is 1. The molecule has 3 unspecified atom stereocenters. The van der Waals surface area contributed by atoms with E-state index in [2.05, 4.69) is 19.0 Å². The topological polar surface area (TPSA) is 64.8 Å². The van der Waals surface area contributed by atoms with Gasteiger partial charge in [-0.05, 0) is 42.9 Å². The maximum Gasteiger partial charge on any atom is 0.293 e. The van der Waals surface area contributed by atoms with E-state index in [1.54, 1.807) is 6.07 Å². The van der Waals surface area contributed by atoms with Gasteiger partial charge in [-0.25, -0.2) is 0 Å². The third kappa shape index (κ3) is 3.53. The molecule has 0 spiro atoms. The molecule has 2 aromatic rings. The van der Waals surface area contributed by atoms with Gasteiger partial charge in [0, 0.05) is 18.7 Å². The fourth-order valence-electron chi connectivity index (χ4n) is 4.18. The summed E-state index contributed by atoms with van der Waals surface area (Å²) in [7, 11) is 0. The summed E-state index contributed by atoms with van der Waals surface area (Å²) in [4.78, 5) is 15.2. The largest absolute Gasteiger partial charge is 0.454 e. The van der Waals surface area contributed by atoms with Crippen molar-refractivity contribution in [3.05, 3.63) is 41.3 Å². The predicted octanol–water partition coefficient (Wildman–Crippen LogP) is 4.18. The van der Waals surface area contributed by atoms with Crippen LogP contribution in [0.15, 0.2) is 28.8 Å². The van der Waals surface area contributed by atoms with Gasteiger partial charge >= 0.3 is 0 Å². The molecule has 2 aliphatic rings. The van der Waals surface area contributed by atoms with Gasteiger partial charge in [0.15, 0.2) is 11.5 Å². The van der Waals surface area contributed by atoms with Crippen molar-refractivity contribution < 1.29 is 18.8 Å². The lowest BCUT2D eigenvalue weighted by molar-refractivity contribution is 0.0412. The molecule has 1 aromatic heterocycles. The Hall–Kier alpha value is -2.50. The number of ether oxygens (including phenoxy) is 2. The van der Waals surface area contributed by atoms with E-state index >= 15 is 0 Å². The van der Waals surface area contributed by atoms with Crippen LogP contribution in [-0.2, 0) is 6.54 Å². The molecular formula is C21H26N2O4. The molecule has 1 saturated carbocycles.